The number of nitrogens with zero attached hydrogens (tertiary/aromatic N) is 2. The topological polar surface area (TPSA) is 110 Å². The molecule has 1 aromatic heterocycles. The van der Waals surface area contributed by atoms with Gasteiger partial charge in [0.1, 0.15) is 10.6 Å². The molecule has 1 heterocycles. The van der Waals surface area contributed by atoms with Crippen LogP contribution in [0, 0.1) is 10.1 Å². The summed E-state index contributed by atoms with van der Waals surface area (Å²) in [5.41, 5.74) is 0.00460. The average Bonchev–Trinajstić information content (AvgIpc) is 3.02. The highest BCUT2D eigenvalue weighted by molar-refractivity contribution is 7.92. The zero-order valence-electron chi connectivity index (χ0n) is 14.3. The summed E-state index contributed by atoms with van der Waals surface area (Å²) in [7, 11) is -3.93. The molecule has 0 unspecified atom stereocenters. The van der Waals surface area contributed by atoms with Crippen molar-refractivity contribution < 1.29 is 18.1 Å². The van der Waals surface area contributed by atoms with Crippen molar-refractivity contribution >= 4 is 38.6 Å². The van der Waals surface area contributed by atoms with Crippen molar-refractivity contribution in [3.63, 3.8) is 0 Å². The third-order valence-electron chi connectivity index (χ3n) is 3.71. The van der Waals surface area contributed by atoms with Crippen molar-refractivity contribution in [1.29, 1.82) is 0 Å². The second-order valence-electron chi connectivity index (χ2n) is 5.39. The van der Waals surface area contributed by atoms with Crippen LogP contribution in [0.1, 0.15) is 29.1 Å². The molecule has 0 spiro atoms. The van der Waals surface area contributed by atoms with E-state index in [2.05, 4.69) is 4.72 Å². The first kappa shape index (κ1) is 19.9. The number of amides is 1. The molecular weight excluding hydrogens is 378 g/mol. The Kier molecular flexibility index (Phi) is 6.32. The second kappa shape index (κ2) is 8.28. The molecule has 10 heteroatoms. The normalized spacial score (nSPS) is 11.2. The Balaban J connectivity index is 2.25. The van der Waals surface area contributed by atoms with Crippen LogP contribution in [0.5, 0.6) is 0 Å². The number of anilines is 1. The van der Waals surface area contributed by atoms with E-state index in [0.29, 0.717) is 18.0 Å². The molecule has 26 heavy (non-hydrogen) atoms. The van der Waals surface area contributed by atoms with Gasteiger partial charge in [0.2, 0.25) is 10.0 Å². The van der Waals surface area contributed by atoms with Gasteiger partial charge in [-0.15, -0.1) is 11.3 Å². The van der Waals surface area contributed by atoms with Gasteiger partial charge in [-0.1, -0.05) is 18.2 Å². The van der Waals surface area contributed by atoms with Crippen LogP contribution in [0.15, 0.2) is 35.7 Å². The maximum Gasteiger partial charge on any atom is 0.273 e. The van der Waals surface area contributed by atoms with E-state index in [4.69, 9.17) is 0 Å². The number of carbonyl (C=O) groups excluding carboxylic acids is 1. The third-order valence-corrected chi connectivity index (χ3v) is 5.83. The maximum atomic E-state index is 12.5. The minimum absolute atomic E-state index is 0.0804. The molecular formula is C16H19N3O5S2. The molecule has 0 atom stereocenters. The fourth-order valence-electron chi connectivity index (χ4n) is 2.43. The van der Waals surface area contributed by atoms with E-state index in [1.165, 1.54) is 30.3 Å². The van der Waals surface area contributed by atoms with Crippen LogP contribution in [0.25, 0.3) is 0 Å². The zero-order valence-corrected chi connectivity index (χ0v) is 16.0. The van der Waals surface area contributed by atoms with Crippen LogP contribution in [0.3, 0.4) is 0 Å². The smallest absolute Gasteiger partial charge is 0.273 e. The van der Waals surface area contributed by atoms with E-state index in [1.54, 1.807) is 10.3 Å². The third kappa shape index (κ3) is 4.58. The van der Waals surface area contributed by atoms with Gasteiger partial charge in [-0.2, -0.15) is 0 Å². The van der Waals surface area contributed by atoms with E-state index in [1.807, 2.05) is 13.8 Å². The molecule has 0 radical (unpaired) electrons. The standard InChI is InChI=1S/C16H19N3O5S2/c1-3-18(4-2)16(20)15-13(9-10-25-15)17-26(23,24)11-12-7-5-6-8-14(12)19(21)22/h5-10,17H,3-4,11H2,1-2H3. The van der Waals surface area contributed by atoms with E-state index in [-0.39, 0.29) is 22.8 Å². The molecule has 1 N–H and O–H groups in total. The summed E-state index contributed by atoms with van der Waals surface area (Å²) in [6, 6.07) is 7.18. The van der Waals surface area contributed by atoms with Gasteiger partial charge in [0.15, 0.2) is 0 Å². The number of hydrogen-bond donors (Lipinski definition) is 1. The van der Waals surface area contributed by atoms with Crippen LogP contribution in [-0.2, 0) is 15.8 Å². The van der Waals surface area contributed by atoms with Gasteiger partial charge in [-0.25, -0.2) is 8.42 Å². The summed E-state index contributed by atoms with van der Waals surface area (Å²) in [4.78, 5) is 24.8. The van der Waals surface area contributed by atoms with E-state index in [9.17, 15) is 23.3 Å². The number of benzene rings is 1. The maximum absolute atomic E-state index is 12.5. The van der Waals surface area contributed by atoms with Gasteiger partial charge >= 0.3 is 0 Å². The molecule has 0 saturated heterocycles. The predicted octanol–water partition coefficient (Wildman–Crippen LogP) is 3.08. The molecule has 1 aromatic carbocycles. The van der Waals surface area contributed by atoms with Gasteiger partial charge in [0.05, 0.1) is 10.6 Å². The highest BCUT2D eigenvalue weighted by atomic mass is 32.2. The van der Waals surface area contributed by atoms with Crippen molar-refractivity contribution in [1.82, 2.24) is 4.90 Å². The average molecular weight is 397 g/mol. The quantitative estimate of drug-likeness (QED) is 0.544. The largest absolute Gasteiger partial charge is 0.338 e. The van der Waals surface area contributed by atoms with Crippen molar-refractivity contribution in [2.45, 2.75) is 19.6 Å². The Morgan fingerprint density at radius 3 is 2.50 bits per heavy atom. The number of nitrogens with one attached hydrogen (secondary N) is 1. The number of nitro benzene ring substituents is 1. The minimum Gasteiger partial charge on any atom is -0.338 e. The Hall–Kier alpha value is -2.46. The number of sulfonamides is 1. The van der Waals surface area contributed by atoms with Crippen LogP contribution < -0.4 is 4.72 Å². The van der Waals surface area contributed by atoms with E-state index >= 15 is 0 Å². The first-order valence-electron chi connectivity index (χ1n) is 7.88. The Morgan fingerprint density at radius 2 is 1.88 bits per heavy atom. The number of thiophene rings is 1. The fourth-order valence-corrected chi connectivity index (χ4v) is 4.54. The van der Waals surface area contributed by atoms with Gasteiger partial charge in [0, 0.05) is 24.7 Å². The van der Waals surface area contributed by atoms with Crippen molar-refractivity contribution in [2.24, 2.45) is 0 Å². The number of para-hydroxylation sites is 1. The van der Waals surface area contributed by atoms with Gasteiger partial charge in [0.25, 0.3) is 11.6 Å². The molecule has 0 aliphatic carbocycles. The lowest BCUT2D eigenvalue weighted by Gasteiger charge is -2.18. The summed E-state index contributed by atoms with van der Waals surface area (Å²) >= 11 is 1.15. The molecule has 8 nitrogen and oxygen atoms in total. The summed E-state index contributed by atoms with van der Waals surface area (Å²) in [6.45, 7) is 4.70. The number of nitro groups is 1. The molecule has 2 aromatic rings. The van der Waals surface area contributed by atoms with E-state index in [0.717, 1.165) is 11.3 Å². The SMILES string of the molecule is CCN(CC)C(=O)c1sccc1NS(=O)(=O)Cc1ccccc1[N+](=O)[O-]. The molecule has 0 fully saturated rings. The molecule has 2 rings (SSSR count). The summed E-state index contributed by atoms with van der Waals surface area (Å²) < 4.78 is 27.3. The Bertz CT molecular complexity index is 904. The lowest BCUT2D eigenvalue weighted by atomic mass is 10.2. The lowest BCUT2D eigenvalue weighted by Crippen LogP contribution is -2.30. The van der Waals surface area contributed by atoms with Crippen LogP contribution >= 0.6 is 11.3 Å². The monoisotopic (exact) mass is 397 g/mol. The number of hydrogen-bond acceptors (Lipinski definition) is 6. The molecule has 0 bridgehead atoms. The van der Waals surface area contributed by atoms with Crippen molar-refractivity contribution in [2.75, 3.05) is 17.8 Å². The molecule has 1 amide bonds. The zero-order chi connectivity index (χ0) is 19.3. The van der Waals surface area contributed by atoms with Crippen LogP contribution in [-0.4, -0.2) is 37.2 Å². The predicted molar refractivity (Wildman–Crippen MR) is 101 cm³/mol. The van der Waals surface area contributed by atoms with Crippen molar-refractivity contribution in [3.05, 3.63) is 56.3 Å². The first-order chi connectivity index (χ1) is 12.3. The van der Waals surface area contributed by atoms with Gasteiger partial charge in [-0.05, 0) is 25.3 Å². The molecule has 140 valence electrons. The molecule has 0 aliphatic rings. The lowest BCUT2D eigenvalue weighted by molar-refractivity contribution is -0.385. The van der Waals surface area contributed by atoms with Gasteiger partial charge < -0.3 is 4.90 Å². The van der Waals surface area contributed by atoms with Crippen LogP contribution in [0.4, 0.5) is 11.4 Å². The Labute approximate surface area is 155 Å². The minimum atomic E-state index is -3.93. The van der Waals surface area contributed by atoms with E-state index < -0.39 is 20.7 Å². The number of carbonyl (C=O) groups is 1. The summed E-state index contributed by atoms with van der Waals surface area (Å²) in [5, 5.41) is 12.7. The molecule has 0 saturated carbocycles. The first-order valence-corrected chi connectivity index (χ1v) is 10.4. The summed E-state index contributed by atoms with van der Waals surface area (Å²) in [5.74, 6) is -0.813. The highest BCUT2D eigenvalue weighted by Gasteiger charge is 2.24. The summed E-state index contributed by atoms with van der Waals surface area (Å²) in [6.07, 6.45) is 0. The van der Waals surface area contributed by atoms with Crippen LogP contribution in [0.2, 0.25) is 0 Å². The number of rotatable bonds is 8. The van der Waals surface area contributed by atoms with Gasteiger partial charge in [-0.3, -0.25) is 19.6 Å². The fraction of sp³-hybridized carbons (Fsp3) is 0.312. The highest BCUT2D eigenvalue weighted by Crippen LogP contribution is 2.27. The molecule has 0 aliphatic heterocycles. The second-order valence-corrected chi connectivity index (χ2v) is 8.03. The van der Waals surface area contributed by atoms with Crippen molar-refractivity contribution in [3.8, 4) is 0 Å². The Morgan fingerprint density at radius 1 is 1.23 bits per heavy atom.